The molecule has 2 aromatic carbocycles. The predicted molar refractivity (Wildman–Crippen MR) is 127 cm³/mol. The molecule has 1 aromatic heterocycles. The number of aromatic nitrogens is 2. The van der Waals surface area contributed by atoms with Crippen LogP contribution in [0.3, 0.4) is 0 Å². The molecular weight excluding hydrogens is 428 g/mol. The molecule has 7 heteroatoms. The average molecular weight is 455 g/mol. The van der Waals surface area contributed by atoms with E-state index in [0.717, 1.165) is 18.4 Å². The van der Waals surface area contributed by atoms with E-state index in [9.17, 15) is 14.4 Å². The highest BCUT2D eigenvalue weighted by atomic mass is 16.2. The quantitative estimate of drug-likeness (QED) is 0.467. The summed E-state index contributed by atoms with van der Waals surface area (Å²) in [6.45, 7) is 4.56. The van der Waals surface area contributed by atoms with Gasteiger partial charge in [-0.05, 0) is 62.6 Å². The van der Waals surface area contributed by atoms with Crippen molar-refractivity contribution in [2.75, 3.05) is 13.1 Å². The van der Waals surface area contributed by atoms with Crippen LogP contribution in [-0.2, 0) is 0 Å². The van der Waals surface area contributed by atoms with Crippen LogP contribution in [0.15, 0.2) is 60.8 Å². The van der Waals surface area contributed by atoms with Crippen molar-refractivity contribution in [2.24, 2.45) is 5.92 Å². The first-order chi connectivity index (χ1) is 16.4. The highest BCUT2D eigenvalue weighted by Gasteiger charge is 2.50. The summed E-state index contributed by atoms with van der Waals surface area (Å²) in [6, 6.07) is 16.1. The van der Waals surface area contributed by atoms with E-state index in [4.69, 9.17) is 0 Å². The first kappa shape index (κ1) is 22.1. The van der Waals surface area contributed by atoms with Gasteiger partial charge in [-0.2, -0.15) is 10.2 Å². The van der Waals surface area contributed by atoms with E-state index in [1.165, 1.54) is 4.90 Å². The summed E-state index contributed by atoms with van der Waals surface area (Å²) >= 11 is 0. The second-order valence-corrected chi connectivity index (χ2v) is 9.17. The van der Waals surface area contributed by atoms with Crippen LogP contribution < -0.4 is 5.32 Å². The number of carbonyl (C=O) groups is 3. The largest absolute Gasteiger partial charge is 0.303 e. The van der Waals surface area contributed by atoms with Crippen molar-refractivity contribution in [3.05, 3.63) is 83.0 Å². The molecule has 2 amide bonds. The molecule has 2 aliphatic heterocycles. The summed E-state index contributed by atoms with van der Waals surface area (Å²) in [5, 5.41) is 11.6. The number of piperidine rings is 1. The zero-order valence-corrected chi connectivity index (χ0v) is 19.2. The molecule has 7 nitrogen and oxygen atoms in total. The van der Waals surface area contributed by atoms with Crippen molar-refractivity contribution in [2.45, 2.75) is 32.2 Å². The fourth-order valence-corrected chi connectivity index (χ4v) is 5.11. The smallest absolute Gasteiger partial charge is 0.261 e. The van der Waals surface area contributed by atoms with Crippen molar-refractivity contribution in [3.8, 4) is 11.3 Å². The number of aryl methyl sites for hydroxylation is 1. The number of nitrogens with one attached hydrogen (secondary N) is 1. The Morgan fingerprint density at radius 1 is 1.06 bits per heavy atom. The van der Waals surface area contributed by atoms with Gasteiger partial charge in [0.2, 0.25) is 0 Å². The Hall–Kier alpha value is -3.71. The SMILES string of the molecule is Cc1ccc(-c2cccnn2)c(C(=O)[C@]2(CN3C(=O)c4ccccc4C3=O)NCCC[C@H]2C)c1. The lowest BCUT2D eigenvalue weighted by Gasteiger charge is -2.44. The number of hydrogen-bond donors (Lipinski definition) is 1. The van der Waals surface area contributed by atoms with Crippen LogP contribution in [-0.4, -0.2) is 51.3 Å². The lowest BCUT2D eigenvalue weighted by molar-refractivity contribution is 0.0485. The highest BCUT2D eigenvalue weighted by molar-refractivity contribution is 6.22. The average Bonchev–Trinajstić information content (AvgIpc) is 3.10. The first-order valence-electron chi connectivity index (χ1n) is 11.6. The molecule has 0 unspecified atom stereocenters. The third-order valence-electron chi connectivity index (χ3n) is 7.05. The molecule has 34 heavy (non-hydrogen) atoms. The lowest BCUT2D eigenvalue weighted by atomic mass is 9.73. The molecule has 0 saturated carbocycles. The first-order valence-corrected chi connectivity index (χ1v) is 11.6. The Balaban J connectivity index is 1.60. The van der Waals surface area contributed by atoms with E-state index in [1.807, 2.05) is 38.1 Å². The van der Waals surface area contributed by atoms with Crippen LogP contribution >= 0.6 is 0 Å². The van der Waals surface area contributed by atoms with Gasteiger partial charge in [-0.3, -0.25) is 19.3 Å². The Bertz CT molecular complexity index is 1260. The van der Waals surface area contributed by atoms with Crippen LogP contribution in [0.5, 0.6) is 0 Å². The Kier molecular flexibility index (Phi) is 5.57. The number of rotatable bonds is 5. The summed E-state index contributed by atoms with van der Waals surface area (Å²) in [5.74, 6) is -0.939. The zero-order valence-electron chi connectivity index (χ0n) is 19.2. The molecule has 3 heterocycles. The summed E-state index contributed by atoms with van der Waals surface area (Å²) in [5.41, 5.74) is 2.41. The van der Waals surface area contributed by atoms with Crippen molar-refractivity contribution in [1.29, 1.82) is 0 Å². The van der Waals surface area contributed by atoms with E-state index in [0.29, 0.717) is 34.5 Å². The Morgan fingerprint density at radius 3 is 2.44 bits per heavy atom. The number of Topliss-reactive ketones (excluding diaryl/α,β-unsaturated/α-hetero) is 1. The van der Waals surface area contributed by atoms with Gasteiger partial charge in [-0.25, -0.2) is 0 Å². The van der Waals surface area contributed by atoms with E-state index in [1.54, 1.807) is 36.5 Å². The molecular formula is C27H26N4O3. The predicted octanol–water partition coefficient (Wildman–Crippen LogP) is 3.69. The number of fused-ring (bicyclic) bond motifs is 1. The third kappa shape index (κ3) is 3.53. The van der Waals surface area contributed by atoms with Gasteiger partial charge in [-0.15, -0.1) is 0 Å². The number of hydrogen-bond acceptors (Lipinski definition) is 6. The van der Waals surface area contributed by atoms with Gasteiger partial charge in [0.15, 0.2) is 5.78 Å². The van der Waals surface area contributed by atoms with Crippen LogP contribution in [0.25, 0.3) is 11.3 Å². The van der Waals surface area contributed by atoms with E-state index < -0.39 is 5.54 Å². The van der Waals surface area contributed by atoms with Crippen LogP contribution in [0.1, 0.15) is 56.4 Å². The van der Waals surface area contributed by atoms with E-state index in [2.05, 4.69) is 15.5 Å². The number of amides is 2. The normalized spacial score (nSPS) is 22.1. The number of imide groups is 1. The fraction of sp³-hybridized carbons (Fsp3) is 0.296. The molecule has 3 aromatic rings. The number of nitrogens with zero attached hydrogens (tertiary/aromatic N) is 3. The maximum atomic E-state index is 14.4. The van der Waals surface area contributed by atoms with Gasteiger partial charge in [0.1, 0.15) is 5.54 Å². The topological polar surface area (TPSA) is 92.3 Å². The maximum Gasteiger partial charge on any atom is 0.261 e. The van der Waals surface area contributed by atoms with Crippen LogP contribution in [0, 0.1) is 12.8 Å². The molecule has 2 aliphatic rings. The van der Waals surface area contributed by atoms with Crippen molar-refractivity contribution < 1.29 is 14.4 Å². The second-order valence-electron chi connectivity index (χ2n) is 9.17. The Labute approximate surface area is 198 Å². The number of carbonyl (C=O) groups excluding carboxylic acids is 3. The molecule has 0 aliphatic carbocycles. The molecule has 1 fully saturated rings. The summed E-state index contributed by atoms with van der Waals surface area (Å²) in [4.78, 5) is 42.0. The molecule has 1 saturated heterocycles. The third-order valence-corrected chi connectivity index (χ3v) is 7.05. The molecule has 1 N–H and O–H groups in total. The van der Waals surface area contributed by atoms with Crippen molar-refractivity contribution in [3.63, 3.8) is 0 Å². The van der Waals surface area contributed by atoms with Crippen molar-refractivity contribution >= 4 is 17.6 Å². The van der Waals surface area contributed by atoms with E-state index in [-0.39, 0.29) is 30.1 Å². The van der Waals surface area contributed by atoms with Gasteiger partial charge in [0, 0.05) is 17.3 Å². The summed E-state index contributed by atoms with van der Waals surface area (Å²) in [7, 11) is 0. The summed E-state index contributed by atoms with van der Waals surface area (Å²) < 4.78 is 0. The van der Waals surface area contributed by atoms with Gasteiger partial charge in [0.05, 0.1) is 23.4 Å². The Morgan fingerprint density at radius 2 is 1.79 bits per heavy atom. The second kappa shape index (κ2) is 8.57. The van der Waals surface area contributed by atoms with Crippen LogP contribution in [0.2, 0.25) is 0 Å². The molecule has 2 atom stereocenters. The molecule has 172 valence electrons. The van der Waals surface area contributed by atoms with Crippen molar-refractivity contribution in [1.82, 2.24) is 20.4 Å². The zero-order chi connectivity index (χ0) is 23.9. The molecule has 0 spiro atoms. The van der Waals surface area contributed by atoms with E-state index >= 15 is 0 Å². The lowest BCUT2D eigenvalue weighted by Crippen LogP contribution is -2.65. The standard InChI is InChI=1S/C27H26N4O3/c1-17-11-12-19(23-10-6-14-29-30-23)22(15-17)24(32)27(18(2)7-5-13-28-27)16-31-25(33)20-8-3-4-9-21(20)26(31)34/h3-4,6,8-12,14-15,18,28H,5,7,13,16H2,1-2H3/t18-,27-/m1/s1. The van der Waals surface area contributed by atoms with Gasteiger partial charge in [-0.1, -0.05) is 36.8 Å². The number of benzene rings is 2. The minimum Gasteiger partial charge on any atom is -0.303 e. The fourth-order valence-electron chi connectivity index (χ4n) is 5.11. The molecule has 0 radical (unpaired) electrons. The van der Waals surface area contributed by atoms with Gasteiger partial charge in [0.25, 0.3) is 11.8 Å². The van der Waals surface area contributed by atoms with Gasteiger partial charge >= 0.3 is 0 Å². The monoisotopic (exact) mass is 454 g/mol. The van der Waals surface area contributed by atoms with Gasteiger partial charge < -0.3 is 5.32 Å². The highest BCUT2D eigenvalue weighted by Crippen LogP contribution is 2.36. The molecule has 5 rings (SSSR count). The van der Waals surface area contributed by atoms with Crippen LogP contribution in [0.4, 0.5) is 0 Å². The minimum absolute atomic E-state index is 0.0206. The minimum atomic E-state index is -1.10. The molecule has 0 bridgehead atoms. The summed E-state index contributed by atoms with van der Waals surface area (Å²) in [6.07, 6.45) is 3.32. The number of ketones is 1. The maximum absolute atomic E-state index is 14.4.